The van der Waals surface area contributed by atoms with Gasteiger partial charge >= 0.3 is 0 Å². The first-order valence-electron chi connectivity index (χ1n) is 9.42. The van der Waals surface area contributed by atoms with Crippen molar-refractivity contribution in [1.82, 2.24) is 19.7 Å². The first-order chi connectivity index (χ1) is 14.2. The summed E-state index contributed by atoms with van der Waals surface area (Å²) in [5.41, 5.74) is 5.74. The van der Waals surface area contributed by atoms with Crippen molar-refractivity contribution in [3.63, 3.8) is 0 Å². The Morgan fingerprint density at radius 2 is 1.69 bits per heavy atom. The van der Waals surface area contributed by atoms with Crippen molar-refractivity contribution in [2.45, 2.75) is 6.92 Å². The molecule has 3 heterocycles. The summed E-state index contributed by atoms with van der Waals surface area (Å²) < 4.78 is 1.85. The molecule has 5 nitrogen and oxygen atoms in total. The Kier molecular flexibility index (Phi) is 4.06. The molecular formula is C24H19N5. The molecule has 5 rings (SSSR count). The van der Waals surface area contributed by atoms with E-state index in [0.29, 0.717) is 11.8 Å². The zero-order valence-electron chi connectivity index (χ0n) is 16.0. The number of hydrogen-bond acceptors (Lipinski definition) is 4. The van der Waals surface area contributed by atoms with Crippen molar-refractivity contribution in [3.8, 4) is 17.1 Å². The van der Waals surface area contributed by atoms with Crippen LogP contribution < -0.4 is 4.90 Å². The molecule has 2 aromatic heterocycles. The van der Waals surface area contributed by atoms with Crippen molar-refractivity contribution in [2.24, 2.45) is 0 Å². The molecule has 0 saturated heterocycles. The Balaban J connectivity index is 1.67. The van der Waals surface area contributed by atoms with Gasteiger partial charge in [0.2, 0.25) is 5.95 Å². The quantitative estimate of drug-likeness (QED) is 0.498. The standard InChI is InChI=1S/C24H19N5/c1-17-10-12-21(13-11-17)29-24(26-23(27-29)20-7-4-3-5-8-20)28-16-14-19-9-6-15-25-22(19)18(28)2/h3-16H,2H2,1H3. The van der Waals surface area contributed by atoms with Gasteiger partial charge < -0.3 is 0 Å². The lowest BCUT2D eigenvalue weighted by molar-refractivity contribution is 0.870. The molecule has 140 valence electrons. The van der Waals surface area contributed by atoms with E-state index >= 15 is 0 Å². The molecule has 1 aliphatic heterocycles. The largest absolute Gasteiger partial charge is 0.284 e. The normalized spacial score (nSPS) is 12.9. The third-order valence-electron chi connectivity index (χ3n) is 4.92. The van der Waals surface area contributed by atoms with Crippen LogP contribution in [-0.4, -0.2) is 19.7 Å². The van der Waals surface area contributed by atoms with Crippen LogP contribution in [0.15, 0.2) is 85.7 Å². The molecular weight excluding hydrogens is 358 g/mol. The molecule has 0 amide bonds. The number of nitrogens with zero attached hydrogens (tertiary/aromatic N) is 5. The van der Waals surface area contributed by atoms with E-state index in [1.165, 1.54) is 5.56 Å². The molecule has 0 fully saturated rings. The van der Waals surface area contributed by atoms with Gasteiger partial charge in [-0.3, -0.25) is 9.88 Å². The highest BCUT2D eigenvalue weighted by Gasteiger charge is 2.24. The van der Waals surface area contributed by atoms with E-state index in [2.05, 4.69) is 30.6 Å². The molecule has 0 saturated carbocycles. The van der Waals surface area contributed by atoms with Crippen molar-refractivity contribution in [3.05, 3.63) is 103 Å². The second-order valence-electron chi connectivity index (χ2n) is 6.92. The molecule has 0 radical (unpaired) electrons. The predicted octanol–water partition coefficient (Wildman–Crippen LogP) is 5.10. The minimum atomic E-state index is 0.661. The second-order valence-corrected chi connectivity index (χ2v) is 6.92. The van der Waals surface area contributed by atoms with E-state index in [1.54, 1.807) is 6.20 Å². The van der Waals surface area contributed by atoms with E-state index in [9.17, 15) is 0 Å². The van der Waals surface area contributed by atoms with E-state index in [1.807, 2.05) is 76.5 Å². The van der Waals surface area contributed by atoms with Gasteiger partial charge in [0.15, 0.2) is 5.82 Å². The summed E-state index contributed by atoms with van der Waals surface area (Å²) in [7, 11) is 0. The van der Waals surface area contributed by atoms with Crippen LogP contribution in [0, 0.1) is 6.92 Å². The number of anilines is 1. The lowest BCUT2D eigenvalue weighted by atomic mass is 10.1. The molecule has 0 aliphatic carbocycles. The van der Waals surface area contributed by atoms with E-state index in [0.717, 1.165) is 28.2 Å². The summed E-state index contributed by atoms with van der Waals surface area (Å²) in [6, 6.07) is 22.2. The molecule has 0 bridgehead atoms. The molecule has 2 aromatic carbocycles. The summed E-state index contributed by atoms with van der Waals surface area (Å²) in [5, 5.41) is 4.81. The van der Waals surface area contributed by atoms with E-state index in [-0.39, 0.29) is 0 Å². The fourth-order valence-electron chi connectivity index (χ4n) is 3.37. The number of pyridine rings is 1. The molecule has 5 heteroatoms. The molecule has 4 aromatic rings. The highest BCUT2D eigenvalue weighted by Crippen LogP contribution is 2.32. The van der Waals surface area contributed by atoms with Gasteiger partial charge in [-0.15, -0.1) is 5.10 Å². The lowest BCUT2D eigenvalue weighted by Crippen LogP contribution is -2.21. The van der Waals surface area contributed by atoms with Crippen molar-refractivity contribution >= 4 is 17.7 Å². The zero-order valence-corrected chi connectivity index (χ0v) is 16.0. The van der Waals surface area contributed by atoms with Crippen LogP contribution in [0.25, 0.3) is 28.8 Å². The van der Waals surface area contributed by atoms with Crippen LogP contribution in [0.3, 0.4) is 0 Å². The number of fused-ring (bicyclic) bond motifs is 1. The Hall–Kier alpha value is -3.99. The number of aromatic nitrogens is 4. The fourth-order valence-corrected chi connectivity index (χ4v) is 3.37. The second kappa shape index (κ2) is 6.87. The average Bonchev–Trinajstić information content (AvgIpc) is 3.20. The minimum absolute atomic E-state index is 0.661. The number of benzene rings is 2. The van der Waals surface area contributed by atoms with Crippen molar-refractivity contribution in [2.75, 3.05) is 4.90 Å². The smallest absolute Gasteiger partial charge is 0.238 e. The highest BCUT2D eigenvalue weighted by molar-refractivity contribution is 5.86. The summed E-state index contributed by atoms with van der Waals surface area (Å²) in [6.07, 6.45) is 5.77. The van der Waals surface area contributed by atoms with Crippen molar-refractivity contribution in [1.29, 1.82) is 0 Å². The van der Waals surface area contributed by atoms with Gasteiger partial charge in [-0.05, 0) is 31.2 Å². The number of hydrogen-bond donors (Lipinski definition) is 0. The number of rotatable bonds is 3. The SMILES string of the molecule is C=C1c2ncccc2C=CN1c1nc(-c2ccccc2)nn1-c1ccc(C)cc1. The lowest BCUT2D eigenvalue weighted by Gasteiger charge is -2.25. The Morgan fingerprint density at radius 1 is 0.897 bits per heavy atom. The monoisotopic (exact) mass is 377 g/mol. The van der Waals surface area contributed by atoms with Crippen LogP contribution in [0.4, 0.5) is 5.95 Å². The molecule has 0 atom stereocenters. The van der Waals surface area contributed by atoms with Crippen LogP contribution >= 0.6 is 0 Å². The van der Waals surface area contributed by atoms with Gasteiger partial charge in [-0.2, -0.15) is 9.67 Å². The predicted molar refractivity (Wildman–Crippen MR) is 116 cm³/mol. The summed E-state index contributed by atoms with van der Waals surface area (Å²) in [4.78, 5) is 11.3. The molecule has 0 spiro atoms. The Labute approximate surface area is 169 Å². The summed E-state index contributed by atoms with van der Waals surface area (Å²) in [6.45, 7) is 6.34. The Bertz CT molecular complexity index is 1220. The Morgan fingerprint density at radius 3 is 2.48 bits per heavy atom. The van der Waals surface area contributed by atoms with Crippen LogP contribution in [0.5, 0.6) is 0 Å². The third kappa shape index (κ3) is 3.02. The van der Waals surface area contributed by atoms with Gasteiger partial charge in [0, 0.05) is 23.5 Å². The fraction of sp³-hybridized carbons (Fsp3) is 0.0417. The zero-order chi connectivity index (χ0) is 19.8. The molecule has 0 N–H and O–H groups in total. The van der Waals surface area contributed by atoms with Crippen LogP contribution in [0.1, 0.15) is 16.8 Å². The molecule has 0 unspecified atom stereocenters. The molecule has 1 aliphatic rings. The topological polar surface area (TPSA) is 46.8 Å². The van der Waals surface area contributed by atoms with Gasteiger partial charge in [0.1, 0.15) is 0 Å². The van der Waals surface area contributed by atoms with Gasteiger partial charge in [-0.25, -0.2) is 0 Å². The first kappa shape index (κ1) is 17.1. The average molecular weight is 377 g/mol. The van der Waals surface area contributed by atoms with E-state index in [4.69, 9.17) is 10.1 Å². The highest BCUT2D eigenvalue weighted by atomic mass is 15.4. The van der Waals surface area contributed by atoms with E-state index < -0.39 is 0 Å². The summed E-state index contributed by atoms with van der Waals surface area (Å²) in [5.74, 6) is 1.33. The van der Waals surface area contributed by atoms with Crippen LogP contribution in [-0.2, 0) is 0 Å². The minimum Gasteiger partial charge on any atom is -0.284 e. The van der Waals surface area contributed by atoms with Crippen LogP contribution in [0.2, 0.25) is 0 Å². The maximum Gasteiger partial charge on any atom is 0.238 e. The van der Waals surface area contributed by atoms with Crippen molar-refractivity contribution < 1.29 is 0 Å². The summed E-state index contributed by atoms with van der Waals surface area (Å²) >= 11 is 0. The van der Waals surface area contributed by atoms with Gasteiger partial charge in [-0.1, -0.05) is 60.7 Å². The van der Waals surface area contributed by atoms with Gasteiger partial charge in [0.25, 0.3) is 0 Å². The number of aryl methyl sites for hydroxylation is 1. The first-order valence-corrected chi connectivity index (χ1v) is 9.42. The molecule has 29 heavy (non-hydrogen) atoms. The maximum absolute atomic E-state index is 4.86. The maximum atomic E-state index is 4.86. The third-order valence-corrected chi connectivity index (χ3v) is 4.92. The van der Waals surface area contributed by atoms with Gasteiger partial charge in [0.05, 0.1) is 17.1 Å².